The van der Waals surface area contributed by atoms with Crippen LogP contribution in [0.2, 0.25) is 0 Å². The van der Waals surface area contributed by atoms with E-state index in [9.17, 15) is 41.0 Å². The van der Waals surface area contributed by atoms with Crippen molar-refractivity contribution >= 4 is 23.2 Å². The summed E-state index contributed by atoms with van der Waals surface area (Å²) in [5, 5.41) is 11.5. The Hall–Kier alpha value is -3.59. The van der Waals surface area contributed by atoms with Crippen molar-refractivity contribution in [2.45, 2.75) is 24.4 Å². The largest absolute Gasteiger partial charge is 0.387 e. The summed E-state index contributed by atoms with van der Waals surface area (Å²) < 4.78 is 84.6. The minimum absolute atomic E-state index is 0.0461. The molecule has 12 heteroatoms. The van der Waals surface area contributed by atoms with Gasteiger partial charge in [-0.1, -0.05) is 0 Å². The van der Waals surface area contributed by atoms with E-state index in [4.69, 9.17) is 6.57 Å². The van der Waals surface area contributed by atoms with Crippen LogP contribution >= 0.6 is 0 Å². The molecule has 1 atom stereocenters. The number of piperidine rings is 1. The zero-order valence-corrected chi connectivity index (χ0v) is 16.6. The third-order valence-corrected chi connectivity index (χ3v) is 5.01. The lowest BCUT2D eigenvalue weighted by Gasteiger charge is -2.37. The molecule has 0 aromatic heterocycles. The number of hydrogen-bond acceptors (Lipinski definition) is 3. The molecule has 1 heterocycles. The van der Waals surface area contributed by atoms with Gasteiger partial charge in [-0.2, -0.15) is 8.78 Å². The van der Waals surface area contributed by atoms with Gasteiger partial charge in [0.25, 0.3) is 17.7 Å². The molecule has 1 aliphatic heterocycles. The number of halogens is 6. The van der Waals surface area contributed by atoms with Crippen molar-refractivity contribution in [3.05, 3.63) is 70.6 Å². The Bertz CT molecular complexity index is 1150. The minimum Gasteiger partial charge on any atom is -0.387 e. The van der Waals surface area contributed by atoms with Gasteiger partial charge in [-0.25, -0.2) is 22.4 Å². The van der Waals surface area contributed by atoms with Gasteiger partial charge < -0.3 is 15.3 Å². The van der Waals surface area contributed by atoms with E-state index in [1.54, 1.807) is 0 Å². The highest BCUT2D eigenvalue weighted by Gasteiger charge is 2.52. The van der Waals surface area contributed by atoms with Gasteiger partial charge in [0.1, 0.15) is 17.7 Å². The summed E-state index contributed by atoms with van der Waals surface area (Å²) in [6.07, 6.45) is -2.75. The molecule has 0 bridgehead atoms. The Morgan fingerprint density at radius 1 is 1.15 bits per heavy atom. The van der Waals surface area contributed by atoms with Gasteiger partial charge in [0.05, 0.1) is 18.7 Å². The maximum Gasteiger partial charge on any atom is 0.352 e. The Kier molecular flexibility index (Phi) is 6.37. The molecule has 174 valence electrons. The predicted octanol–water partition coefficient (Wildman–Crippen LogP) is 4.09. The first kappa shape index (κ1) is 24.1. The summed E-state index contributed by atoms with van der Waals surface area (Å²) in [4.78, 5) is 27.7. The number of aliphatic hydroxyl groups excluding tert-OH is 1. The number of hydrogen-bond donors (Lipinski definition) is 2. The Labute approximate surface area is 183 Å². The standard InChI is InChI=1S/C21H15F6N3O3/c1-28-16-9-12(3-5-15(16)23)29-18(32)11-2-4-14(22)13(8-11)21(26,27)19(33)30-7-6-17(31)20(24,25)10-30/h2-5,8-9,17,31H,6-7,10H2,(H,29,32). The first-order valence-electron chi connectivity index (χ1n) is 9.38. The van der Waals surface area contributed by atoms with Crippen LogP contribution in [0, 0.1) is 18.2 Å². The number of carbonyl (C=O) groups is 2. The average molecular weight is 471 g/mol. The molecule has 1 unspecified atom stereocenters. The number of nitrogens with one attached hydrogen (secondary N) is 1. The number of carbonyl (C=O) groups excluding carboxylic acids is 2. The van der Waals surface area contributed by atoms with Crippen molar-refractivity contribution in [2.24, 2.45) is 0 Å². The summed E-state index contributed by atoms with van der Waals surface area (Å²) in [7, 11) is 0. The molecular weight excluding hydrogens is 456 g/mol. The van der Waals surface area contributed by atoms with Gasteiger partial charge in [0, 0.05) is 17.8 Å². The number of alkyl halides is 4. The number of likely N-dealkylation sites (tertiary alicyclic amines) is 1. The predicted molar refractivity (Wildman–Crippen MR) is 103 cm³/mol. The van der Waals surface area contributed by atoms with Crippen molar-refractivity contribution in [1.29, 1.82) is 0 Å². The van der Waals surface area contributed by atoms with Gasteiger partial charge >= 0.3 is 5.92 Å². The molecule has 2 N–H and O–H groups in total. The SMILES string of the molecule is [C-]#[N+]c1cc(NC(=O)c2ccc(F)c(C(F)(F)C(=O)N3CCC(O)C(F)(F)C3)c2)ccc1F. The molecule has 1 saturated heterocycles. The number of nitrogens with zero attached hydrogens (tertiary/aromatic N) is 2. The van der Waals surface area contributed by atoms with Crippen LogP contribution in [0.1, 0.15) is 22.3 Å². The van der Waals surface area contributed by atoms with E-state index in [1.807, 2.05) is 0 Å². The van der Waals surface area contributed by atoms with Crippen molar-refractivity contribution in [3.63, 3.8) is 0 Å². The lowest BCUT2D eigenvalue weighted by atomic mass is 9.99. The first-order chi connectivity index (χ1) is 15.4. The smallest absolute Gasteiger partial charge is 0.352 e. The fourth-order valence-electron chi connectivity index (χ4n) is 3.20. The highest BCUT2D eigenvalue weighted by Crippen LogP contribution is 2.36. The van der Waals surface area contributed by atoms with Crippen molar-refractivity contribution in [1.82, 2.24) is 4.90 Å². The van der Waals surface area contributed by atoms with E-state index in [-0.39, 0.29) is 10.6 Å². The Morgan fingerprint density at radius 3 is 2.45 bits per heavy atom. The summed E-state index contributed by atoms with van der Waals surface area (Å²) in [6.45, 7) is 4.79. The molecule has 0 saturated carbocycles. The van der Waals surface area contributed by atoms with E-state index in [0.29, 0.717) is 12.1 Å². The number of aliphatic hydroxyl groups is 1. The van der Waals surface area contributed by atoms with Crippen LogP contribution < -0.4 is 5.32 Å². The number of amides is 2. The molecule has 0 spiro atoms. The van der Waals surface area contributed by atoms with E-state index >= 15 is 0 Å². The normalized spacial score (nSPS) is 17.9. The van der Waals surface area contributed by atoms with Gasteiger partial charge in [-0.15, -0.1) is 0 Å². The van der Waals surface area contributed by atoms with E-state index < -0.39 is 77.7 Å². The second-order valence-electron chi connectivity index (χ2n) is 7.29. The maximum absolute atomic E-state index is 14.8. The quantitative estimate of drug-likeness (QED) is 0.521. The summed E-state index contributed by atoms with van der Waals surface area (Å²) >= 11 is 0. The second kappa shape index (κ2) is 8.74. The molecule has 0 radical (unpaired) electrons. The molecular formula is C21H15F6N3O3. The highest BCUT2D eigenvalue weighted by atomic mass is 19.3. The van der Waals surface area contributed by atoms with E-state index in [2.05, 4.69) is 10.2 Å². The molecule has 33 heavy (non-hydrogen) atoms. The monoisotopic (exact) mass is 471 g/mol. The van der Waals surface area contributed by atoms with Crippen LogP contribution in [-0.2, 0) is 10.7 Å². The van der Waals surface area contributed by atoms with E-state index in [1.165, 1.54) is 0 Å². The molecule has 1 aliphatic rings. The molecule has 0 aliphatic carbocycles. The summed E-state index contributed by atoms with van der Waals surface area (Å²) in [5.41, 5.74) is -2.47. The number of benzene rings is 2. The minimum atomic E-state index is -4.59. The van der Waals surface area contributed by atoms with Crippen LogP contribution in [-0.4, -0.2) is 46.9 Å². The summed E-state index contributed by atoms with van der Waals surface area (Å²) in [6, 6.07) is 4.76. The van der Waals surface area contributed by atoms with Gasteiger partial charge in [-0.05, 0) is 42.8 Å². The van der Waals surface area contributed by atoms with Crippen LogP contribution in [0.25, 0.3) is 4.85 Å². The number of anilines is 1. The van der Waals surface area contributed by atoms with Crippen molar-refractivity contribution in [2.75, 3.05) is 18.4 Å². The van der Waals surface area contributed by atoms with Gasteiger partial charge in [0.2, 0.25) is 5.69 Å². The Balaban J connectivity index is 1.86. The van der Waals surface area contributed by atoms with Crippen molar-refractivity contribution < 1.29 is 41.0 Å². The number of rotatable bonds is 4. The third-order valence-electron chi connectivity index (χ3n) is 5.01. The van der Waals surface area contributed by atoms with Gasteiger partial charge in [0.15, 0.2) is 0 Å². The van der Waals surface area contributed by atoms with Crippen molar-refractivity contribution in [3.8, 4) is 0 Å². The Morgan fingerprint density at radius 2 is 1.82 bits per heavy atom. The zero-order valence-electron chi connectivity index (χ0n) is 16.6. The van der Waals surface area contributed by atoms with Crippen LogP contribution in [0.4, 0.5) is 37.7 Å². The topological polar surface area (TPSA) is 74.0 Å². The molecule has 6 nitrogen and oxygen atoms in total. The fourth-order valence-corrected chi connectivity index (χ4v) is 3.20. The van der Waals surface area contributed by atoms with E-state index in [0.717, 1.165) is 24.3 Å². The molecule has 1 fully saturated rings. The summed E-state index contributed by atoms with van der Waals surface area (Å²) in [5.74, 6) is -13.9. The molecule has 2 amide bonds. The molecule has 2 aromatic rings. The first-order valence-corrected chi connectivity index (χ1v) is 9.38. The highest BCUT2D eigenvalue weighted by molar-refractivity contribution is 6.04. The maximum atomic E-state index is 14.8. The van der Waals surface area contributed by atoms with Crippen LogP contribution in [0.5, 0.6) is 0 Å². The van der Waals surface area contributed by atoms with Crippen LogP contribution in [0.15, 0.2) is 36.4 Å². The lowest BCUT2D eigenvalue weighted by molar-refractivity contribution is -0.183. The van der Waals surface area contributed by atoms with Crippen LogP contribution in [0.3, 0.4) is 0 Å². The second-order valence-corrected chi connectivity index (χ2v) is 7.29. The average Bonchev–Trinajstić information content (AvgIpc) is 2.76. The van der Waals surface area contributed by atoms with Gasteiger partial charge in [-0.3, -0.25) is 9.59 Å². The molecule has 2 aromatic carbocycles. The lowest BCUT2D eigenvalue weighted by Crippen LogP contribution is -2.56. The third kappa shape index (κ3) is 4.78. The zero-order chi connectivity index (χ0) is 24.6. The molecule has 3 rings (SSSR count). The fraction of sp³-hybridized carbons (Fsp3) is 0.286.